The first-order chi connectivity index (χ1) is 9.91. The number of nitrogens with zero attached hydrogens (tertiary/aromatic N) is 1. The van der Waals surface area contributed by atoms with Gasteiger partial charge in [-0.2, -0.15) is 4.31 Å². The largest absolute Gasteiger partial charge is 0.495 e. The van der Waals surface area contributed by atoms with Gasteiger partial charge >= 0.3 is 0 Å². The third-order valence-corrected chi connectivity index (χ3v) is 6.22. The van der Waals surface area contributed by atoms with E-state index in [-0.39, 0.29) is 40.1 Å². The Morgan fingerprint density at radius 2 is 2.14 bits per heavy atom. The van der Waals surface area contributed by atoms with Crippen molar-refractivity contribution >= 4 is 38.4 Å². The first-order valence-corrected chi connectivity index (χ1v) is 8.90. The molecule has 1 heterocycles. The van der Waals surface area contributed by atoms with E-state index in [4.69, 9.17) is 10.5 Å². The van der Waals surface area contributed by atoms with Gasteiger partial charge in [0.25, 0.3) is 0 Å². The second kappa shape index (κ2) is 7.92. The summed E-state index contributed by atoms with van der Waals surface area (Å²) in [6.07, 6.45) is 2.44. The third kappa shape index (κ3) is 3.73. The zero-order valence-electron chi connectivity index (χ0n) is 12.1. The van der Waals surface area contributed by atoms with Gasteiger partial charge in [0.05, 0.1) is 11.6 Å². The highest BCUT2D eigenvalue weighted by atomic mass is 79.9. The van der Waals surface area contributed by atoms with Crippen molar-refractivity contribution in [1.82, 2.24) is 4.31 Å². The van der Waals surface area contributed by atoms with Gasteiger partial charge in [-0.1, -0.05) is 6.42 Å². The van der Waals surface area contributed by atoms with Gasteiger partial charge in [0.2, 0.25) is 10.0 Å². The molecule has 0 bridgehead atoms. The second-order valence-corrected chi connectivity index (χ2v) is 7.63. The van der Waals surface area contributed by atoms with Crippen molar-refractivity contribution in [1.29, 1.82) is 0 Å². The summed E-state index contributed by atoms with van der Waals surface area (Å²) in [5, 5.41) is 0. The molecular formula is C13H19BrClFN2O3S. The van der Waals surface area contributed by atoms with E-state index < -0.39 is 15.8 Å². The lowest BCUT2D eigenvalue weighted by Crippen LogP contribution is -2.47. The van der Waals surface area contributed by atoms with E-state index in [0.717, 1.165) is 25.3 Å². The van der Waals surface area contributed by atoms with Gasteiger partial charge in [-0.3, -0.25) is 0 Å². The predicted octanol–water partition coefficient (Wildman–Crippen LogP) is 2.52. The summed E-state index contributed by atoms with van der Waals surface area (Å²) in [5.74, 6) is -0.527. The van der Waals surface area contributed by atoms with E-state index in [9.17, 15) is 12.8 Å². The van der Waals surface area contributed by atoms with E-state index in [1.807, 2.05) is 0 Å². The predicted molar refractivity (Wildman–Crippen MR) is 88.5 cm³/mol. The number of methoxy groups -OCH3 is 1. The van der Waals surface area contributed by atoms with Gasteiger partial charge in [-0.15, -0.1) is 12.4 Å². The minimum Gasteiger partial charge on any atom is -0.495 e. The molecule has 1 atom stereocenters. The van der Waals surface area contributed by atoms with E-state index in [2.05, 4.69) is 15.9 Å². The molecule has 1 aliphatic rings. The Bertz CT molecular complexity index is 630. The van der Waals surface area contributed by atoms with Crippen molar-refractivity contribution in [3.8, 4) is 5.75 Å². The Labute approximate surface area is 144 Å². The monoisotopic (exact) mass is 416 g/mol. The molecule has 5 nitrogen and oxygen atoms in total. The number of ether oxygens (including phenoxy) is 1. The van der Waals surface area contributed by atoms with E-state index in [0.29, 0.717) is 6.54 Å². The molecule has 1 saturated heterocycles. The number of benzene rings is 1. The molecule has 0 aromatic heterocycles. The Balaban J connectivity index is 0.00000242. The molecule has 1 unspecified atom stereocenters. The molecule has 0 amide bonds. The molecule has 0 spiro atoms. The normalized spacial score (nSPS) is 19.5. The first-order valence-electron chi connectivity index (χ1n) is 6.66. The maximum Gasteiger partial charge on any atom is 0.247 e. The Morgan fingerprint density at radius 3 is 2.73 bits per heavy atom. The molecule has 22 heavy (non-hydrogen) atoms. The smallest absolute Gasteiger partial charge is 0.247 e. The van der Waals surface area contributed by atoms with Crippen LogP contribution in [0.3, 0.4) is 0 Å². The average molecular weight is 418 g/mol. The van der Waals surface area contributed by atoms with Gasteiger partial charge in [-0.25, -0.2) is 12.8 Å². The second-order valence-electron chi connectivity index (χ2n) is 4.92. The number of sulfonamides is 1. The zero-order chi connectivity index (χ0) is 15.6. The topological polar surface area (TPSA) is 72.6 Å². The molecule has 1 fully saturated rings. The molecule has 0 radical (unpaired) electrons. The van der Waals surface area contributed by atoms with Gasteiger partial charge in [0.15, 0.2) is 0 Å². The fourth-order valence-corrected chi connectivity index (χ4v) is 4.70. The van der Waals surface area contributed by atoms with Crippen LogP contribution in [0.2, 0.25) is 0 Å². The molecule has 1 aliphatic heterocycles. The molecule has 126 valence electrons. The summed E-state index contributed by atoms with van der Waals surface area (Å²) in [5.41, 5.74) is 5.67. The highest BCUT2D eigenvalue weighted by molar-refractivity contribution is 9.10. The molecule has 2 N–H and O–H groups in total. The van der Waals surface area contributed by atoms with E-state index >= 15 is 0 Å². The lowest BCUT2D eigenvalue weighted by molar-refractivity contribution is 0.256. The number of hydrogen-bond acceptors (Lipinski definition) is 4. The minimum absolute atomic E-state index is 0. The summed E-state index contributed by atoms with van der Waals surface area (Å²) >= 11 is 3.03. The number of piperidine rings is 1. The van der Waals surface area contributed by atoms with E-state index in [1.165, 1.54) is 17.5 Å². The Kier molecular flexibility index (Phi) is 7.07. The minimum atomic E-state index is -3.84. The van der Waals surface area contributed by atoms with Crippen molar-refractivity contribution < 1.29 is 17.5 Å². The standard InChI is InChI=1S/C13H18BrFN2O3S.ClH/c1-20-12-6-10(14)11(15)7-13(12)21(18,19)17-5-3-2-4-9(17)8-16;/h6-7,9H,2-5,8,16H2,1H3;1H. The van der Waals surface area contributed by atoms with Crippen LogP contribution in [0, 0.1) is 5.82 Å². The van der Waals surface area contributed by atoms with E-state index in [1.54, 1.807) is 0 Å². The SMILES string of the molecule is COc1cc(Br)c(F)cc1S(=O)(=O)N1CCCCC1CN.Cl. The van der Waals surface area contributed by atoms with Crippen molar-refractivity contribution in [2.75, 3.05) is 20.2 Å². The van der Waals surface area contributed by atoms with Gasteiger partial charge in [-0.05, 0) is 40.9 Å². The van der Waals surface area contributed by atoms with Crippen LogP contribution in [0.1, 0.15) is 19.3 Å². The van der Waals surface area contributed by atoms with Crippen LogP contribution >= 0.6 is 28.3 Å². The molecule has 1 aromatic carbocycles. The summed E-state index contributed by atoms with van der Waals surface area (Å²) < 4.78 is 46.0. The van der Waals surface area contributed by atoms with Gasteiger partial charge in [0.1, 0.15) is 16.5 Å². The highest BCUT2D eigenvalue weighted by Crippen LogP contribution is 2.34. The summed E-state index contributed by atoms with van der Waals surface area (Å²) in [6, 6.07) is 2.06. The van der Waals surface area contributed by atoms with Crippen LogP contribution in [0.15, 0.2) is 21.5 Å². The Morgan fingerprint density at radius 1 is 1.45 bits per heavy atom. The maximum absolute atomic E-state index is 13.8. The molecule has 2 rings (SSSR count). The molecular weight excluding hydrogens is 399 g/mol. The van der Waals surface area contributed by atoms with Crippen molar-refractivity contribution in [2.24, 2.45) is 5.73 Å². The van der Waals surface area contributed by atoms with Crippen LogP contribution < -0.4 is 10.5 Å². The molecule has 1 aromatic rings. The van der Waals surface area contributed by atoms with Crippen LogP contribution in [0.25, 0.3) is 0 Å². The van der Waals surface area contributed by atoms with Crippen LogP contribution in [0.4, 0.5) is 4.39 Å². The summed E-state index contributed by atoms with van der Waals surface area (Å²) in [7, 11) is -2.48. The van der Waals surface area contributed by atoms with Crippen molar-refractivity contribution in [3.05, 3.63) is 22.4 Å². The van der Waals surface area contributed by atoms with Crippen LogP contribution in [0.5, 0.6) is 5.75 Å². The lowest BCUT2D eigenvalue weighted by Gasteiger charge is -2.34. The number of hydrogen-bond donors (Lipinski definition) is 1. The molecule has 0 aliphatic carbocycles. The van der Waals surface area contributed by atoms with Gasteiger partial charge in [0, 0.05) is 19.1 Å². The summed E-state index contributed by atoms with van der Waals surface area (Å²) in [6.45, 7) is 0.644. The number of nitrogens with two attached hydrogens (primary N) is 1. The lowest BCUT2D eigenvalue weighted by atomic mass is 10.1. The number of rotatable bonds is 4. The molecule has 9 heteroatoms. The quantitative estimate of drug-likeness (QED) is 0.817. The maximum atomic E-state index is 13.8. The Hall–Kier alpha value is -0.410. The highest BCUT2D eigenvalue weighted by Gasteiger charge is 2.35. The van der Waals surface area contributed by atoms with Crippen LogP contribution in [-0.4, -0.2) is 39.0 Å². The third-order valence-electron chi connectivity index (χ3n) is 3.64. The van der Waals surface area contributed by atoms with Crippen molar-refractivity contribution in [2.45, 2.75) is 30.2 Å². The first kappa shape index (κ1) is 19.6. The van der Waals surface area contributed by atoms with Crippen molar-refractivity contribution in [3.63, 3.8) is 0 Å². The zero-order valence-corrected chi connectivity index (χ0v) is 15.3. The fraction of sp³-hybridized carbons (Fsp3) is 0.538. The van der Waals surface area contributed by atoms with Crippen LogP contribution in [-0.2, 0) is 10.0 Å². The summed E-state index contributed by atoms with van der Waals surface area (Å²) in [4.78, 5) is -0.161. The fourth-order valence-electron chi connectivity index (χ4n) is 2.52. The number of halogens is 3. The molecule has 0 saturated carbocycles. The average Bonchev–Trinajstić information content (AvgIpc) is 2.49. The van der Waals surface area contributed by atoms with Gasteiger partial charge < -0.3 is 10.5 Å².